The van der Waals surface area contributed by atoms with Crippen LogP contribution in [0.5, 0.6) is 5.88 Å². The lowest BCUT2D eigenvalue weighted by atomic mass is 10.1. The Morgan fingerprint density at radius 1 is 1.30 bits per heavy atom. The maximum Gasteiger partial charge on any atom is 0.212 e. The lowest BCUT2D eigenvalue weighted by molar-refractivity contribution is 0.104. The molecule has 3 nitrogen and oxygen atoms in total. The van der Waals surface area contributed by atoms with E-state index in [1.807, 2.05) is 0 Å². The largest absolute Gasteiger partial charge is 0.481 e. The molecule has 102 valence electrons. The number of nitrogens with zero attached hydrogens (tertiary/aromatic N) is 1. The Balaban J connectivity index is 2.15. The molecular weight excluding hydrogens is 257 g/mol. The first-order chi connectivity index (χ1) is 9.60. The minimum absolute atomic E-state index is 0.0633. The summed E-state index contributed by atoms with van der Waals surface area (Å²) >= 11 is 0. The minimum atomic E-state index is -0.507. The van der Waals surface area contributed by atoms with Crippen molar-refractivity contribution in [1.29, 1.82) is 0 Å². The lowest BCUT2D eigenvalue weighted by Crippen LogP contribution is -1.98. The first kappa shape index (κ1) is 13.9. The number of hydrogen-bond donors (Lipinski definition) is 0. The second-order valence-corrected chi connectivity index (χ2v) is 4.31. The summed E-state index contributed by atoms with van der Waals surface area (Å²) in [6.07, 6.45) is 4.50. The van der Waals surface area contributed by atoms with Crippen molar-refractivity contribution >= 4 is 11.9 Å². The topological polar surface area (TPSA) is 39.2 Å². The van der Waals surface area contributed by atoms with Crippen LogP contribution in [0.15, 0.2) is 42.6 Å². The van der Waals surface area contributed by atoms with Crippen molar-refractivity contribution in [3.8, 4) is 5.88 Å². The van der Waals surface area contributed by atoms with Crippen molar-refractivity contribution in [2.45, 2.75) is 6.92 Å². The van der Waals surface area contributed by atoms with Gasteiger partial charge < -0.3 is 4.74 Å². The molecular formula is C16H14FNO2. The molecule has 0 aliphatic heterocycles. The minimum Gasteiger partial charge on any atom is -0.481 e. The molecule has 4 heteroatoms. The number of carbonyl (C=O) groups excluding carboxylic acids is 1. The van der Waals surface area contributed by atoms with Gasteiger partial charge in [-0.3, -0.25) is 4.79 Å². The first-order valence-electron chi connectivity index (χ1n) is 6.09. The van der Waals surface area contributed by atoms with Gasteiger partial charge in [-0.2, -0.15) is 0 Å². The Hall–Kier alpha value is -2.49. The predicted octanol–water partition coefficient (Wildman–Crippen LogP) is 3.43. The molecule has 0 N–H and O–H groups in total. The van der Waals surface area contributed by atoms with Crippen LogP contribution in [0.2, 0.25) is 0 Å². The van der Waals surface area contributed by atoms with E-state index in [4.69, 9.17) is 4.74 Å². The molecule has 1 aromatic heterocycles. The molecule has 0 aliphatic rings. The standard InChI is InChI=1S/C16H14FNO2/c1-11-3-6-13(14(17)9-11)15(19)7-4-12-5-8-16(20-2)18-10-12/h3-10H,1-2H3/b7-4+. The van der Waals surface area contributed by atoms with Crippen LogP contribution in [0.1, 0.15) is 21.5 Å². The molecule has 0 aliphatic carbocycles. The second-order valence-electron chi connectivity index (χ2n) is 4.31. The zero-order chi connectivity index (χ0) is 14.5. The predicted molar refractivity (Wildman–Crippen MR) is 75.3 cm³/mol. The Morgan fingerprint density at radius 2 is 2.10 bits per heavy atom. The molecule has 0 radical (unpaired) electrons. The fourth-order valence-corrected chi connectivity index (χ4v) is 1.69. The van der Waals surface area contributed by atoms with Crippen LogP contribution >= 0.6 is 0 Å². The van der Waals surface area contributed by atoms with Crippen molar-refractivity contribution in [2.24, 2.45) is 0 Å². The molecule has 0 atom stereocenters. The number of aryl methyl sites for hydroxylation is 1. The van der Waals surface area contributed by atoms with Gasteiger partial charge in [-0.05, 0) is 48.4 Å². The quantitative estimate of drug-likeness (QED) is 0.631. The summed E-state index contributed by atoms with van der Waals surface area (Å²) in [5.41, 5.74) is 1.59. The molecule has 0 saturated carbocycles. The van der Waals surface area contributed by atoms with Crippen LogP contribution in [0.25, 0.3) is 6.08 Å². The van der Waals surface area contributed by atoms with Crippen molar-refractivity contribution < 1.29 is 13.9 Å². The number of benzene rings is 1. The third-order valence-corrected chi connectivity index (χ3v) is 2.79. The Kier molecular flexibility index (Phi) is 4.25. The summed E-state index contributed by atoms with van der Waals surface area (Å²) in [5.74, 6) is -0.385. The molecule has 0 amide bonds. The van der Waals surface area contributed by atoms with Crippen molar-refractivity contribution in [3.05, 3.63) is 65.1 Å². The monoisotopic (exact) mass is 271 g/mol. The van der Waals surface area contributed by atoms with E-state index in [2.05, 4.69) is 4.98 Å². The molecule has 2 rings (SSSR count). The molecule has 0 bridgehead atoms. The number of allylic oxidation sites excluding steroid dienone is 1. The number of halogens is 1. The fourth-order valence-electron chi connectivity index (χ4n) is 1.69. The zero-order valence-corrected chi connectivity index (χ0v) is 11.3. The normalized spacial score (nSPS) is 10.8. The maximum atomic E-state index is 13.6. The zero-order valence-electron chi connectivity index (χ0n) is 11.3. The summed E-state index contributed by atoms with van der Waals surface area (Å²) < 4.78 is 18.6. The van der Waals surface area contributed by atoms with Gasteiger partial charge in [-0.1, -0.05) is 6.07 Å². The molecule has 1 aromatic carbocycles. The third-order valence-electron chi connectivity index (χ3n) is 2.79. The van der Waals surface area contributed by atoms with Gasteiger partial charge in [0.05, 0.1) is 12.7 Å². The van der Waals surface area contributed by atoms with Gasteiger partial charge in [0, 0.05) is 12.3 Å². The average molecular weight is 271 g/mol. The van der Waals surface area contributed by atoms with Gasteiger partial charge in [-0.15, -0.1) is 0 Å². The summed E-state index contributed by atoms with van der Waals surface area (Å²) in [5, 5.41) is 0. The highest BCUT2D eigenvalue weighted by Gasteiger charge is 2.08. The van der Waals surface area contributed by atoms with E-state index in [1.165, 1.54) is 25.3 Å². The summed E-state index contributed by atoms with van der Waals surface area (Å²) in [6, 6.07) is 8.00. The Bertz CT molecular complexity index is 648. The highest BCUT2D eigenvalue weighted by Crippen LogP contribution is 2.13. The van der Waals surface area contributed by atoms with E-state index in [1.54, 1.807) is 37.4 Å². The smallest absolute Gasteiger partial charge is 0.212 e. The van der Waals surface area contributed by atoms with E-state index in [-0.39, 0.29) is 11.3 Å². The van der Waals surface area contributed by atoms with Crippen LogP contribution in [0.3, 0.4) is 0 Å². The average Bonchev–Trinajstić information content (AvgIpc) is 2.45. The van der Waals surface area contributed by atoms with Crippen LogP contribution in [0.4, 0.5) is 4.39 Å². The Labute approximate surface area is 116 Å². The molecule has 0 spiro atoms. The third kappa shape index (κ3) is 3.29. The van der Waals surface area contributed by atoms with Gasteiger partial charge in [0.25, 0.3) is 0 Å². The van der Waals surface area contributed by atoms with Crippen molar-refractivity contribution in [2.75, 3.05) is 7.11 Å². The Morgan fingerprint density at radius 3 is 2.70 bits per heavy atom. The molecule has 0 unspecified atom stereocenters. The van der Waals surface area contributed by atoms with Gasteiger partial charge in [-0.25, -0.2) is 9.37 Å². The maximum absolute atomic E-state index is 13.6. The lowest BCUT2D eigenvalue weighted by Gasteiger charge is -2.00. The van der Waals surface area contributed by atoms with E-state index < -0.39 is 5.82 Å². The highest BCUT2D eigenvalue weighted by atomic mass is 19.1. The number of carbonyl (C=O) groups is 1. The number of rotatable bonds is 4. The summed E-state index contributed by atoms with van der Waals surface area (Å²) in [4.78, 5) is 15.9. The summed E-state index contributed by atoms with van der Waals surface area (Å²) in [7, 11) is 1.53. The van der Waals surface area contributed by atoms with E-state index in [0.29, 0.717) is 5.88 Å². The van der Waals surface area contributed by atoms with Crippen molar-refractivity contribution in [3.63, 3.8) is 0 Å². The van der Waals surface area contributed by atoms with E-state index >= 15 is 0 Å². The summed E-state index contributed by atoms with van der Waals surface area (Å²) in [6.45, 7) is 1.77. The van der Waals surface area contributed by atoms with Gasteiger partial charge in [0.1, 0.15) is 5.82 Å². The molecule has 2 aromatic rings. The first-order valence-corrected chi connectivity index (χ1v) is 6.09. The number of methoxy groups -OCH3 is 1. The van der Waals surface area contributed by atoms with Gasteiger partial charge >= 0.3 is 0 Å². The fraction of sp³-hybridized carbons (Fsp3) is 0.125. The van der Waals surface area contributed by atoms with E-state index in [9.17, 15) is 9.18 Å². The SMILES string of the molecule is COc1ccc(/C=C/C(=O)c2ccc(C)cc2F)cn1. The second kappa shape index (κ2) is 6.10. The molecule has 0 saturated heterocycles. The highest BCUT2D eigenvalue weighted by molar-refractivity contribution is 6.07. The van der Waals surface area contributed by atoms with E-state index in [0.717, 1.165) is 11.1 Å². The van der Waals surface area contributed by atoms with Gasteiger partial charge in [0.15, 0.2) is 5.78 Å². The number of ketones is 1. The van der Waals surface area contributed by atoms with Crippen LogP contribution in [0, 0.1) is 12.7 Å². The molecule has 1 heterocycles. The number of ether oxygens (including phenoxy) is 1. The number of aromatic nitrogens is 1. The van der Waals surface area contributed by atoms with Gasteiger partial charge in [0.2, 0.25) is 5.88 Å². The molecule has 20 heavy (non-hydrogen) atoms. The number of pyridine rings is 1. The number of hydrogen-bond acceptors (Lipinski definition) is 3. The molecule has 0 fully saturated rings. The van der Waals surface area contributed by atoms with Crippen LogP contribution in [-0.2, 0) is 0 Å². The van der Waals surface area contributed by atoms with Crippen molar-refractivity contribution in [1.82, 2.24) is 4.98 Å². The van der Waals surface area contributed by atoms with Crippen LogP contribution in [-0.4, -0.2) is 17.9 Å². The van der Waals surface area contributed by atoms with Crippen LogP contribution < -0.4 is 4.74 Å².